The van der Waals surface area contributed by atoms with Crippen molar-refractivity contribution in [3.63, 3.8) is 0 Å². The predicted octanol–water partition coefficient (Wildman–Crippen LogP) is 4.20. The monoisotopic (exact) mass is 363 g/mol. The van der Waals surface area contributed by atoms with E-state index in [9.17, 15) is 9.59 Å². The van der Waals surface area contributed by atoms with Crippen molar-refractivity contribution in [1.82, 2.24) is 5.43 Å². The molecule has 27 heavy (non-hydrogen) atoms. The minimum atomic E-state index is -0.336. The van der Waals surface area contributed by atoms with E-state index in [1.54, 1.807) is 24.3 Å². The Kier molecular flexibility index (Phi) is 6.01. The lowest BCUT2D eigenvalue weighted by Crippen LogP contribution is -2.23. The average molecular weight is 363 g/mol. The first kappa shape index (κ1) is 18.8. The van der Waals surface area contributed by atoms with E-state index in [2.05, 4.69) is 28.8 Å². The molecule has 0 bridgehead atoms. The molecule has 0 spiro atoms. The van der Waals surface area contributed by atoms with E-state index in [4.69, 9.17) is 0 Å². The number of unbranched alkanes of at least 4 members (excludes halogenated alkanes) is 3. The molecule has 5 heteroatoms. The number of amides is 2. The zero-order valence-corrected chi connectivity index (χ0v) is 15.8. The zero-order valence-electron chi connectivity index (χ0n) is 15.8. The van der Waals surface area contributed by atoms with Gasteiger partial charge in [-0.05, 0) is 43.5 Å². The van der Waals surface area contributed by atoms with Crippen molar-refractivity contribution < 1.29 is 9.59 Å². The number of benzene rings is 2. The smallest absolute Gasteiger partial charge is 0.276 e. The molecule has 5 nitrogen and oxygen atoms in total. The first-order valence-corrected chi connectivity index (χ1v) is 9.48. The van der Waals surface area contributed by atoms with Crippen molar-refractivity contribution in [1.29, 1.82) is 0 Å². The Morgan fingerprint density at radius 2 is 1.89 bits per heavy atom. The Balaban J connectivity index is 1.81. The lowest BCUT2D eigenvalue weighted by molar-refractivity contribution is -0.110. The number of hydrogen-bond donors (Lipinski definition) is 2. The van der Waals surface area contributed by atoms with Crippen molar-refractivity contribution in [2.45, 2.75) is 46.0 Å². The Bertz CT molecular complexity index is 873. The van der Waals surface area contributed by atoms with E-state index in [0.29, 0.717) is 5.56 Å². The maximum atomic E-state index is 12.4. The molecular weight excluding hydrogens is 338 g/mol. The molecule has 0 saturated heterocycles. The Hall–Kier alpha value is -2.95. The molecule has 0 unspecified atom stereocenters. The summed E-state index contributed by atoms with van der Waals surface area (Å²) in [7, 11) is 0. The summed E-state index contributed by atoms with van der Waals surface area (Å²) in [5.41, 5.74) is 7.06. The Labute approximate surface area is 159 Å². The van der Waals surface area contributed by atoms with Crippen LogP contribution in [-0.2, 0) is 11.2 Å². The normalized spacial score (nSPS) is 14.1. The molecule has 1 aliphatic heterocycles. The van der Waals surface area contributed by atoms with Gasteiger partial charge in [-0.15, -0.1) is 0 Å². The highest BCUT2D eigenvalue weighted by Gasteiger charge is 2.28. The molecule has 0 saturated carbocycles. The van der Waals surface area contributed by atoms with Gasteiger partial charge in [-0.25, -0.2) is 5.43 Å². The predicted molar refractivity (Wildman–Crippen MR) is 108 cm³/mol. The number of hydrazone groups is 1. The third-order valence-electron chi connectivity index (χ3n) is 4.68. The lowest BCUT2D eigenvalue weighted by atomic mass is 9.98. The van der Waals surface area contributed by atoms with Crippen LogP contribution in [-0.4, -0.2) is 17.5 Å². The first-order valence-electron chi connectivity index (χ1n) is 9.48. The highest BCUT2D eigenvalue weighted by molar-refractivity contribution is 6.54. The highest BCUT2D eigenvalue weighted by atomic mass is 16.2. The summed E-state index contributed by atoms with van der Waals surface area (Å²) in [6, 6.07) is 12.9. The summed E-state index contributed by atoms with van der Waals surface area (Å²) in [5.74, 6) is -0.615. The van der Waals surface area contributed by atoms with Gasteiger partial charge in [0.2, 0.25) is 0 Å². The Morgan fingerprint density at radius 1 is 1.11 bits per heavy atom. The molecule has 0 radical (unpaired) electrons. The van der Waals surface area contributed by atoms with Crippen LogP contribution in [0.5, 0.6) is 0 Å². The number of carbonyl (C=O) groups is 2. The van der Waals surface area contributed by atoms with Crippen LogP contribution in [0, 0.1) is 6.92 Å². The molecule has 2 N–H and O–H groups in total. The summed E-state index contributed by atoms with van der Waals surface area (Å²) in [4.78, 5) is 24.6. The molecular formula is C22H25N3O2. The molecule has 0 atom stereocenters. The van der Waals surface area contributed by atoms with Gasteiger partial charge in [-0.3, -0.25) is 9.59 Å². The van der Waals surface area contributed by atoms with Gasteiger partial charge in [0, 0.05) is 11.1 Å². The van der Waals surface area contributed by atoms with Gasteiger partial charge in [-0.1, -0.05) is 56.0 Å². The van der Waals surface area contributed by atoms with Crippen LogP contribution in [0.4, 0.5) is 5.69 Å². The standard InChI is InChI=1S/C22H25N3O2/c1-3-4-5-7-12-17-13-15(2)14-18-19(17)23-22(27)20(18)24-25-21(26)16-10-8-6-9-11-16/h6,8-11,13-14H,3-5,7,12H2,1-2H3,(H,25,26)(H,23,24,27). The highest BCUT2D eigenvalue weighted by Crippen LogP contribution is 2.30. The van der Waals surface area contributed by atoms with Gasteiger partial charge >= 0.3 is 0 Å². The van der Waals surface area contributed by atoms with Crippen LogP contribution in [0.2, 0.25) is 0 Å². The number of aryl methyl sites for hydroxylation is 2. The topological polar surface area (TPSA) is 70.6 Å². The van der Waals surface area contributed by atoms with Crippen molar-refractivity contribution in [2.24, 2.45) is 5.10 Å². The van der Waals surface area contributed by atoms with E-state index in [-0.39, 0.29) is 17.5 Å². The van der Waals surface area contributed by atoms with Crippen LogP contribution in [0.15, 0.2) is 47.6 Å². The number of anilines is 1. The molecule has 0 aliphatic carbocycles. The molecule has 1 aliphatic rings. The number of fused-ring (bicyclic) bond motifs is 1. The van der Waals surface area contributed by atoms with Gasteiger partial charge in [-0.2, -0.15) is 5.10 Å². The minimum Gasteiger partial charge on any atom is -0.320 e. The first-order chi connectivity index (χ1) is 13.1. The van der Waals surface area contributed by atoms with Crippen LogP contribution >= 0.6 is 0 Å². The molecule has 0 aromatic heterocycles. The third-order valence-corrected chi connectivity index (χ3v) is 4.68. The largest absolute Gasteiger partial charge is 0.320 e. The second kappa shape index (κ2) is 8.62. The van der Waals surface area contributed by atoms with Crippen LogP contribution < -0.4 is 10.7 Å². The summed E-state index contributed by atoms with van der Waals surface area (Å²) in [5, 5.41) is 7.05. The zero-order chi connectivity index (χ0) is 19.2. The number of rotatable bonds is 7. The van der Waals surface area contributed by atoms with Gasteiger partial charge in [0.1, 0.15) is 0 Å². The fraction of sp³-hybridized carbons (Fsp3) is 0.318. The number of nitrogens with one attached hydrogen (secondary N) is 2. The van der Waals surface area contributed by atoms with E-state index >= 15 is 0 Å². The fourth-order valence-corrected chi connectivity index (χ4v) is 3.30. The van der Waals surface area contributed by atoms with Crippen molar-refractivity contribution in [3.05, 3.63) is 64.7 Å². The van der Waals surface area contributed by atoms with Crippen LogP contribution in [0.3, 0.4) is 0 Å². The van der Waals surface area contributed by atoms with E-state index in [0.717, 1.165) is 35.2 Å². The molecule has 3 rings (SSSR count). The van der Waals surface area contributed by atoms with Gasteiger partial charge < -0.3 is 5.32 Å². The van der Waals surface area contributed by atoms with Crippen molar-refractivity contribution >= 4 is 23.2 Å². The van der Waals surface area contributed by atoms with Gasteiger partial charge in [0.25, 0.3) is 11.8 Å². The SMILES string of the molecule is CCCCCCc1cc(C)cc2c1NC(=O)/C2=N\NC(=O)c1ccccc1. The molecule has 0 fully saturated rings. The number of nitrogens with zero attached hydrogens (tertiary/aromatic N) is 1. The maximum absolute atomic E-state index is 12.4. The number of hydrogen-bond acceptors (Lipinski definition) is 3. The quantitative estimate of drug-likeness (QED) is 0.571. The molecule has 140 valence electrons. The lowest BCUT2D eigenvalue weighted by Gasteiger charge is -2.09. The van der Waals surface area contributed by atoms with Crippen molar-refractivity contribution in [2.75, 3.05) is 5.32 Å². The molecule has 1 heterocycles. The van der Waals surface area contributed by atoms with Crippen LogP contribution in [0.1, 0.15) is 59.7 Å². The maximum Gasteiger partial charge on any atom is 0.276 e. The van der Waals surface area contributed by atoms with Crippen molar-refractivity contribution in [3.8, 4) is 0 Å². The fourth-order valence-electron chi connectivity index (χ4n) is 3.30. The minimum absolute atomic E-state index is 0.257. The second-order valence-electron chi connectivity index (χ2n) is 6.88. The molecule has 2 aromatic rings. The summed E-state index contributed by atoms with van der Waals surface area (Å²) < 4.78 is 0. The van der Waals surface area contributed by atoms with Crippen LogP contribution in [0.25, 0.3) is 0 Å². The van der Waals surface area contributed by atoms with E-state index < -0.39 is 0 Å². The molecule has 2 aromatic carbocycles. The average Bonchev–Trinajstić information content (AvgIpc) is 2.99. The number of carbonyl (C=O) groups excluding carboxylic acids is 2. The summed E-state index contributed by atoms with van der Waals surface area (Å²) in [6.45, 7) is 4.20. The third kappa shape index (κ3) is 4.42. The molecule has 2 amide bonds. The second-order valence-corrected chi connectivity index (χ2v) is 6.88. The summed E-state index contributed by atoms with van der Waals surface area (Å²) in [6.07, 6.45) is 5.62. The van der Waals surface area contributed by atoms with E-state index in [1.165, 1.54) is 19.3 Å². The van der Waals surface area contributed by atoms with E-state index in [1.807, 2.05) is 19.1 Å². The van der Waals surface area contributed by atoms with Gasteiger partial charge in [0.05, 0.1) is 5.69 Å². The summed E-state index contributed by atoms with van der Waals surface area (Å²) >= 11 is 0. The Morgan fingerprint density at radius 3 is 2.63 bits per heavy atom. The van der Waals surface area contributed by atoms with Gasteiger partial charge in [0.15, 0.2) is 5.71 Å².